The summed E-state index contributed by atoms with van der Waals surface area (Å²) in [6, 6.07) is 8.47. The number of aromatic hydroxyl groups is 2. The molecule has 2 aromatic carbocycles. The van der Waals surface area contributed by atoms with Crippen molar-refractivity contribution in [1.82, 2.24) is 0 Å². The Kier molecular flexibility index (Phi) is 14.6. The highest BCUT2D eigenvalue weighted by Crippen LogP contribution is 2.39. The van der Waals surface area contributed by atoms with Crippen LogP contribution in [0, 0.1) is 0 Å². The van der Waals surface area contributed by atoms with E-state index in [1.54, 1.807) is 0 Å². The second-order valence-electron chi connectivity index (χ2n) is 12.2. The first-order valence-corrected chi connectivity index (χ1v) is 16.6. The Morgan fingerprint density at radius 3 is 1.84 bits per heavy atom. The molecule has 2 heterocycles. The van der Waals surface area contributed by atoms with E-state index in [0.29, 0.717) is 11.1 Å². The summed E-state index contributed by atoms with van der Waals surface area (Å²) in [5, 5.41) is 63.6. The Morgan fingerprint density at radius 2 is 1.31 bits per heavy atom. The van der Waals surface area contributed by atoms with Crippen molar-refractivity contribution in [2.24, 2.45) is 0 Å². The lowest BCUT2D eigenvalue weighted by atomic mass is 9.98. The minimum atomic E-state index is -2.58. The Hall–Kier alpha value is -5.28. The molecule has 2 saturated heterocycles. The Balaban J connectivity index is 1.59. The maximum absolute atomic E-state index is 13.1. The van der Waals surface area contributed by atoms with Crippen LogP contribution in [-0.4, -0.2) is 143 Å². The summed E-state index contributed by atoms with van der Waals surface area (Å²) in [4.78, 5) is 49.1. The number of aliphatic hydroxyl groups is 4. The standard InChI is InChI=1S/C36H42O19/c1-18(38)49-16-27-33(51-19(2)39)31(45)32(46)35(52-27)55-36(17-37)34(53-29(43)12-8-21-6-10-23(41)25(14-21)48-4)30(44)26(54-36)15-50-28(42)11-7-20-5-9-22(40)24(13-20)47-3/h5-14,26-27,30-35,37,40-41,44-46H,15-17H2,1-4H3/b11-7+,12-8+/t26-,27+,30+,31+,32+,33+,34+,35-,36+/m1/s1. The van der Waals surface area contributed by atoms with Gasteiger partial charge in [-0.25, -0.2) is 9.59 Å². The van der Waals surface area contributed by atoms with Gasteiger partial charge in [0.05, 0.1) is 14.2 Å². The van der Waals surface area contributed by atoms with Crippen molar-refractivity contribution in [3.8, 4) is 23.0 Å². The quantitative estimate of drug-likeness (QED) is 0.0770. The molecule has 4 rings (SSSR count). The van der Waals surface area contributed by atoms with Gasteiger partial charge in [-0.1, -0.05) is 12.1 Å². The van der Waals surface area contributed by atoms with Crippen molar-refractivity contribution in [3.63, 3.8) is 0 Å². The van der Waals surface area contributed by atoms with Crippen LogP contribution in [0.4, 0.5) is 0 Å². The fourth-order valence-corrected chi connectivity index (χ4v) is 5.57. The highest BCUT2D eigenvalue weighted by molar-refractivity contribution is 5.88. The molecule has 0 aliphatic carbocycles. The van der Waals surface area contributed by atoms with Gasteiger partial charge in [0, 0.05) is 26.0 Å². The second kappa shape index (κ2) is 18.8. The highest BCUT2D eigenvalue weighted by atomic mass is 16.8. The van der Waals surface area contributed by atoms with Crippen LogP contribution >= 0.6 is 0 Å². The van der Waals surface area contributed by atoms with Crippen molar-refractivity contribution in [2.75, 3.05) is 34.0 Å². The summed E-state index contributed by atoms with van der Waals surface area (Å²) in [6.45, 7) is -0.389. The van der Waals surface area contributed by atoms with E-state index < -0.39 is 98.5 Å². The normalized spacial score (nSPS) is 27.8. The molecule has 0 unspecified atom stereocenters. The molecular weight excluding hydrogens is 736 g/mol. The van der Waals surface area contributed by atoms with E-state index >= 15 is 0 Å². The largest absolute Gasteiger partial charge is 0.504 e. The molecule has 2 aliphatic heterocycles. The average molecular weight is 779 g/mol. The number of phenols is 2. The molecule has 0 saturated carbocycles. The van der Waals surface area contributed by atoms with Crippen molar-refractivity contribution in [1.29, 1.82) is 0 Å². The van der Waals surface area contributed by atoms with E-state index in [4.69, 9.17) is 42.6 Å². The molecule has 300 valence electrons. The van der Waals surface area contributed by atoms with E-state index in [-0.39, 0.29) is 23.0 Å². The molecule has 9 atom stereocenters. The minimum Gasteiger partial charge on any atom is -0.504 e. The Bertz CT molecular complexity index is 1740. The zero-order valence-corrected chi connectivity index (χ0v) is 30.0. The molecule has 0 radical (unpaired) electrons. The predicted molar refractivity (Wildman–Crippen MR) is 183 cm³/mol. The lowest BCUT2D eigenvalue weighted by molar-refractivity contribution is -0.383. The SMILES string of the molecule is COc1cc(/C=C/C(=O)OC[C@H]2O[C@@](CO)(O[C@H]3O[C@@H](COC(C)=O)[C@H](OC(C)=O)[C@@H](O)[C@@H]3O)[C@@H](OC(=O)/C=C/c3ccc(O)c(OC)c3)[C@H]2O)ccc1O. The van der Waals surface area contributed by atoms with Crippen LogP contribution in [0.2, 0.25) is 0 Å². The molecule has 55 heavy (non-hydrogen) atoms. The number of esters is 4. The van der Waals surface area contributed by atoms with Crippen LogP contribution in [0.15, 0.2) is 48.6 Å². The van der Waals surface area contributed by atoms with E-state index in [1.807, 2.05) is 0 Å². The topological polar surface area (TPSA) is 273 Å². The molecular formula is C36H42O19. The number of carbonyl (C=O) groups excluding carboxylic acids is 4. The number of hydrogen-bond donors (Lipinski definition) is 6. The summed E-state index contributed by atoms with van der Waals surface area (Å²) in [7, 11) is 2.67. The first kappa shape index (κ1) is 42.5. The van der Waals surface area contributed by atoms with Crippen LogP contribution in [-0.2, 0) is 52.3 Å². The maximum Gasteiger partial charge on any atom is 0.331 e. The molecule has 6 N–H and O–H groups in total. The third kappa shape index (κ3) is 10.7. The van der Waals surface area contributed by atoms with E-state index in [2.05, 4.69) is 0 Å². The van der Waals surface area contributed by atoms with E-state index in [1.165, 1.54) is 62.8 Å². The number of rotatable bonds is 15. The summed E-state index contributed by atoms with van der Waals surface area (Å²) >= 11 is 0. The van der Waals surface area contributed by atoms with Gasteiger partial charge in [-0.05, 0) is 47.5 Å². The number of methoxy groups -OCH3 is 2. The molecule has 0 spiro atoms. The first-order chi connectivity index (χ1) is 26.1. The van der Waals surface area contributed by atoms with Gasteiger partial charge in [0.1, 0.15) is 50.3 Å². The number of aliphatic hydroxyl groups excluding tert-OH is 4. The summed E-state index contributed by atoms with van der Waals surface area (Å²) in [6.07, 6.45) is -9.72. The van der Waals surface area contributed by atoms with Crippen molar-refractivity contribution < 1.29 is 92.4 Å². The van der Waals surface area contributed by atoms with Gasteiger partial charge in [0.15, 0.2) is 41.5 Å². The Morgan fingerprint density at radius 1 is 0.745 bits per heavy atom. The molecule has 0 aromatic heterocycles. The smallest absolute Gasteiger partial charge is 0.331 e. The first-order valence-electron chi connectivity index (χ1n) is 16.6. The van der Waals surface area contributed by atoms with Crippen molar-refractivity contribution in [2.45, 2.75) is 68.7 Å². The van der Waals surface area contributed by atoms with Gasteiger partial charge in [0.2, 0.25) is 5.79 Å². The minimum absolute atomic E-state index is 0.106. The van der Waals surface area contributed by atoms with Crippen molar-refractivity contribution >= 4 is 36.0 Å². The third-order valence-electron chi connectivity index (χ3n) is 8.27. The highest BCUT2D eigenvalue weighted by Gasteiger charge is 2.61. The molecule has 0 bridgehead atoms. The number of hydrogen-bond acceptors (Lipinski definition) is 19. The van der Waals surface area contributed by atoms with Crippen LogP contribution < -0.4 is 9.47 Å². The molecule has 19 nitrogen and oxygen atoms in total. The van der Waals surface area contributed by atoms with Crippen LogP contribution in [0.1, 0.15) is 25.0 Å². The van der Waals surface area contributed by atoms with E-state index in [0.717, 1.165) is 26.0 Å². The summed E-state index contributed by atoms with van der Waals surface area (Å²) in [5.74, 6) is -6.28. The van der Waals surface area contributed by atoms with Gasteiger partial charge in [-0.3, -0.25) is 9.59 Å². The van der Waals surface area contributed by atoms with Crippen molar-refractivity contribution in [3.05, 3.63) is 59.7 Å². The lowest BCUT2D eigenvalue weighted by Gasteiger charge is -2.44. The lowest BCUT2D eigenvalue weighted by Crippen LogP contribution is -2.64. The van der Waals surface area contributed by atoms with Crippen LogP contribution in [0.25, 0.3) is 12.2 Å². The average Bonchev–Trinajstić information content (AvgIpc) is 3.41. The Labute approximate surface area is 313 Å². The van der Waals surface area contributed by atoms with Gasteiger partial charge in [-0.2, -0.15) is 0 Å². The zero-order valence-electron chi connectivity index (χ0n) is 30.0. The molecule has 0 amide bonds. The summed E-state index contributed by atoms with van der Waals surface area (Å²) in [5.41, 5.74) is 0.843. The summed E-state index contributed by atoms with van der Waals surface area (Å²) < 4.78 is 48.3. The fourth-order valence-electron chi connectivity index (χ4n) is 5.57. The number of benzene rings is 2. The van der Waals surface area contributed by atoms with Gasteiger partial charge in [0.25, 0.3) is 0 Å². The zero-order chi connectivity index (χ0) is 40.4. The fraction of sp³-hybridized carbons (Fsp3) is 0.444. The van der Waals surface area contributed by atoms with Gasteiger partial charge in [-0.15, -0.1) is 0 Å². The molecule has 2 fully saturated rings. The molecule has 19 heteroatoms. The monoisotopic (exact) mass is 778 g/mol. The van der Waals surface area contributed by atoms with Gasteiger partial charge >= 0.3 is 23.9 Å². The van der Waals surface area contributed by atoms with Crippen LogP contribution in [0.3, 0.4) is 0 Å². The second-order valence-corrected chi connectivity index (χ2v) is 12.2. The van der Waals surface area contributed by atoms with E-state index in [9.17, 15) is 49.8 Å². The number of ether oxygens (including phenoxy) is 9. The van der Waals surface area contributed by atoms with Gasteiger partial charge < -0.3 is 73.3 Å². The molecule has 2 aliphatic rings. The molecule has 2 aromatic rings. The number of carbonyl (C=O) groups is 4. The number of phenolic OH excluding ortho intramolecular Hbond substituents is 2. The predicted octanol–water partition coefficient (Wildman–Crippen LogP) is -0.297. The third-order valence-corrected chi connectivity index (χ3v) is 8.27. The maximum atomic E-state index is 13.1. The van der Waals surface area contributed by atoms with Crippen LogP contribution in [0.5, 0.6) is 23.0 Å².